The van der Waals surface area contributed by atoms with Crippen LogP contribution in [0.4, 0.5) is 5.69 Å². The first-order chi connectivity index (χ1) is 15.3. The maximum atomic E-state index is 12.6. The van der Waals surface area contributed by atoms with E-state index < -0.39 is 10.0 Å². The van der Waals surface area contributed by atoms with Crippen LogP contribution in [0.1, 0.15) is 10.4 Å². The number of hydrogen-bond acceptors (Lipinski definition) is 6. The average molecular weight is 449 g/mol. The van der Waals surface area contributed by atoms with Crippen LogP contribution in [0.15, 0.2) is 83.9 Å². The van der Waals surface area contributed by atoms with Gasteiger partial charge in [-0.15, -0.1) is 5.10 Å². The Bertz CT molecular complexity index is 1380. The van der Waals surface area contributed by atoms with Crippen molar-refractivity contribution in [3.05, 3.63) is 84.6 Å². The molecular formula is C22H19N5O4S. The standard InChI is InChI=1S/C22H19N5O4S/c1-31-19-7-3-5-16(13-19)22(28)24-17-6-2-4-15(12-17)21-14-27(26-25-21)18-8-10-20(11-9-18)32(23,29)30/h2-14H,1H3,(H,24,28)(H2,23,29,30). The Kier molecular flexibility index (Phi) is 5.71. The van der Waals surface area contributed by atoms with Gasteiger partial charge in [0.25, 0.3) is 5.91 Å². The minimum absolute atomic E-state index is 0.0149. The highest BCUT2D eigenvalue weighted by Crippen LogP contribution is 2.23. The number of rotatable bonds is 6. The summed E-state index contributed by atoms with van der Waals surface area (Å²) < 4.78 is 29.5. The van der Waals surface area contributed by atoms with E-state index in [1.807, 2.05) is 6.07 Å². The van der Waals surface area contributed by atoms with Crippen LogP contribution in [0.2, 0.25) is 0 Å². The van der Waals surface area contributed by atoms with Crippen LogP contribution in [-0.2, 0) is 10.0 Å². The highest BCUT2D eigenvalue weighted by molar-refractivity contribution is 7.89. The SMILES string of the molecule is COc1cccc(C(=O)Nc2cccc(-c3cn(-c4ccc(S(N)(=O)=O)cc4)nn3)c2)c1. The van der Waals surface area contributed by atoms with E-state index in [1.54, 1.807) is 67.9 Å². The van der Waals surface area contributed by atoms with Crippen molar-refractivity contribution in [2.45, 2.75) is 4.90 Å². The third-order valence-corrected chi connectivity index (χ3v) is 5.60. The average Bonchev–Trinajstić information content (AvgIpc) is 3.29. The van der Waals surface area contributed by atoms with Gasteiger partial charge in [-0.2, -0.15) is 0 Å². The van der Waals surface area contributed by atoms with E-state index in [1.165, 1.54) is 16.8 Å². The summed E-state index contributed by atoms with van der Waals surface area (Å²) in [6.45, 7) is 0. The first-order valence-corrected chi connectivity index (χ1v) is 11.0. The van der Waals surface area contributed by atoms with Crippen LogP contribution in [0, 0.1) is 0 Å². The molecule has 1 amide bonds. The number of amides is 1. The molecule has 1 heterocycles. The van der Waals surface area contributed by atoms with Gasteiger partial charge in [0.05, 0.1) is 23.9 Å². The van der Waals surface area contributed by atoms with Gasteiger partial charge in [-0.25, -0.2) is 18.2 Å². The normalized spacial score (nSPS) is 11.2. The summed E-state index contributed by atoms with van der Waals surface area (Å²) >= 11 is 0. The van der Waals surface area contributed by atoms with E-state index >= 15 is 0 Å². The number of methoxy groups -OCH3 is 1. The molecular weight excluding hydrogens is 430 g/mol. The van der Waals surface area contributed by atoms with Gasteiger partial charge in [-0.3, -0.25) is 4.79 Å². The summed E-state index contributed by atoms with van der Waals surface area (Å²) in [6.07, 6.45) is 1.70. The predicted molar refractivity (Wildman–Crippen MR) is 119 cm³/mol. The molecule has 4 aromatic rings. The Labute approximate surface area is 184 Å². The third-order valence-electron chi connectivity index (χ3n) is 4.67. The Morgan fingerprint density at radius 3 is 2.50 bits per heavy atom. The molecule has 162 valence electrons. The second kappa shape index (κ2) is 8.61. The second-order valence-corrected chi connectivity index (χ2v) is 8.42. The van der Waals surface area contributed by atoms with Crippen molar-refractivity contribution in [1.82, 2.24) is 15.0 Å². The van der Waals surface area contributed by atoms with Gasteiger partial charge in [-0.1, -0.05) is 23.4 Å². The number of ether oxygens (including phenoxy) is 1. The molecule has 32 heavy (non-hydrogen) atoms. The van der Waals surface area contributed by atoms with Gasteiger partial charge in [0.2, 0.25) is 10.0 Å². The topological polar surface area (TPSA) is 129 Å². The lowest BCUT2D eigenvalue weighted by Gasteiger charge is -2.07. The van der Waals surface area contributed by atoms with Gasteiger partial charge in [-0.05, 0) is 54.6 Å². The zero-order chi connectivity index (χ0) is 22.7. The van der Waals surface area contributed by atoms with E-state index in [4.69, 9.17) is 9.88 Å². The van der Waals surface area contributed by atoms with Crippen molar-refractivity contribution in [2.75, 3.05) is 12.4 Å². The number of hydrogen-bond donors (Lipinski definition) is 2. The van der Waals surface area contributed by atoms with Crippen molar-refractivity contribution in [3.8, 4) is 22.7 Å². The number of primary sulfonamides is 1. The number of nitrogens with one attached hydrogen (secondary N) is 1. The Balaban J connectivity index is 1.54. The first-order valence-electron chi connectivity index (χ1n) is 9.45. The maximum absolute atomic E-state index is 12.6. The molecule has 3 N–H and O–H groups in total. The van der Waals surface area contributed by atoms with Gasteiger partial charge in [0.15, 0.2) is 0 Å². The molecule has 4 rings (SSSR count). The molecule has 0 aliphatic carbocycles. The summed E-state index contributed by atoms with van der Waals surface area (Å²) in [7, 11) is -2.22. The summed E-state index contributed by atoms with van der Waals surface area (Å²) in [4.78, 5) is 12.6. The van der Waals surface area contributed by atoms with Crippen molar-refractivity contribution in [2.24, 2.45) is 5.14 Å². The molecule has 0 aliphatic rings. The highest BCUT2D eigenvalue weighted by Gasteiger charge is 2.11. The quantitative estimate of drug-likeness (QED) is 0.466. The van der Waals surface area contributed by atoms with E-state index in [2.05, 4.69) is 15.6 Å². The Morgan fingerprint density at radius 1 is 1.03 bits per heavy atom. The van der Waals surface area contributed by atoms with Crippen LogP contribution in [0.25, 0.3) is 16.9 Å². The molecule has 0 bridgehead atoms. The molecule has 0 saturated heterocycles. The van der Waals surface area contributed by atoms with E-state index in [9.17, 15) is 13.2 Å². The van der Waals surface area contributed by atoms with Crippen LogP contribution in [0.3, 0.4) is 0 Å². The number of nitrogens with two attached hydrogens (primary N) is 1. The predicted octanol–water partition coefficient (Wildman–Crippen LogP) is 2.84. The molecule has 0 radical (unpaired) electrons. The molecule has 0 saturated carbocycles. The van der Waals surface area contributed by atoms with Crippen LogP contribution < -0.4 is 15.2 Å². The van der Waals surface area contributed by atoms with Crippen LogP contribution in [0.5, 0.6) is 5.75 Å². The number of carbonyl (C=O) groups excluding carboxylic acids is 1. The summed E-state index contributed by atoms with van der Waals surface area (Å²) in [5.74, 6) is 0.333. The molecule has 10 heteroatoms. The smallest absolute Gasteiger partial charge is 0.255 e. The van der Waals surface area contributed by atoms with E-state index in [0.29, 0.717) is 28.4 Å². The van der Waals surface area contributed by atoms with Crippen molar-refractivity contribution >= 4 is 21.6 Å². The van der Waals surface area contributed by atoms with Crippen LogP contribution in [-0.4, -0.2) is 36.4 Å². The number of aromatic nitrogens is 3. The molecule has 3 aromatic carbocycles. The van der Waals surface area contributed by atoms with E-state index in [-0.39, 0.29) is 10.8 Å². The largest absolute Gasteiger partial charge is 0.497 e. The molecule has 0 fully saturated rings. The zero-order valence-corrected chi connectivity index (χ0v) is 17.8. The van der Waals surface area contributed by atoms with Crippen molar-refractivity contribution < 1.29 is 17.9 Å². The summed E-state index contributed by atoms with van der Waals surface area (Å²) in [5, 5.41) is 16.3. The van der Waals surface area contributed by atoms with E-state index in [0.717, 1.165) is 5.56 Å². The number of sulfonamides is 1. The molecule has 0 spiro atoms. The molecule has 0 unspecified atom stereocenters. The lowest BCUT2D eigenvalue weighted by Crippen LogP contribution is -2.12. The number of carbonyl (C=O) groups is 1. The second-order valence-electron chi connectivity index (χ2n) is 6.85. The Hall–Kier alpha value is -4.02. The summed E-state index contributed by atoms with van der Waals surface area (Å²) in [5.41, 5.74) is 3.03. The monoisotopic (exact) mass is 449 g/mol. The van der Waals surface area contributed by atoms with Gasteiger partial charge in [0, 0.05) is 16.8 Å². The van der Waals surface area contributed by atoms with Crippen LogP contribution >= 0.6 is 0 Å². The maximum Gasteiger partial charge on any atom is 0.255 e. The number of anilines is 1. The van der Waals surface area contributed by atoms with Gasteiger partial charge >= 0.3 is 0 Å². The first kappa shape index (κ1) is 21.2. The highest BCUT2D eigenvalue weighted by atomic mass is 32.2. The van der Waals surface area contributed by atoms with Crippen molar-refractivity contribution in [1.29, 1.82) is 0 Å². The van der Waals surface area contributed by atoms with Gasteiger partial charge in [0.1, 0.15) is 11.4 Å². The lowest BCUT2D eigenvalue weighted by atomic mass is 10.1. The third kappa shape index (κ3) is 4.66. The number of benzene rings is 3. The summed E-state index contributed by atoms with van der Waals surface area (Å²) in [6, 6.07) is 20.1. The van der Waals surface area contributed by atoms with Gasteiger partial charge < -0.3 is 10.1 Å². The molecule has 0 atom stereocenters. The number of nitrogens with zero attached hydrogens (tertiary/aromatic N) is 3. The molecule has 9 nitrogen and oxygen atoms in total. The minimum atomic E-state index is -3.77. The molecule has 1 aromatic heterocycles. The zero-order valence-electron chi connectivity index (χ0n) is 17.0. The minimum Gasteiger partial charge on any atom is -0.497 e. The molecule has 0 aliphatic heterocycles. The van der Waals surface area contributed by atoms with Crippen molar-refractivity contribution in [3.63, 3.8) is 0 Å². The Morgan fingerprint density at radius 2 is 1.78 bits per heavy atom. The fourth-order valence-corrected chi connectivity index (χ4v) is 3.55. The fourth-order valence-electron chi connectivity index (χ4n) is 3.03. The fraction of sp³-hybridized carbons (Fsp3) is 0.0455. The lowest BCUT2D eigenvalue weighted by molar-refractivity contribution is 0.102.